The molecule has 19 heavy (non-hydrogen) atoms. The van der Waals surface area contributed by atoms with Gasteiger partial charge in [0.25, 0.3) is 0 Å². The molecule has 1 fully saturated rings. The summed E-state index contributed by atoms with van der Waals surface area (Å²) in [6.07, 6.45) is 4.33. The lowest BCUT2D eigenvalue weighted by atomic mass is 10.1. The predicted octanol–water partition coefficient (Wildman–Crippen LogP) is 2.17. The summed E-state index contributed by atoms with van der Waals surface area (Å²) < 4.78 is 0. The van der Waals surface area contributed by atoms with E-state index in [0.29, 0.717) is 17.7 Å². The summed E-state index contributed by atoms with van der Waals surface area (Å²) in [5.74, 6) is 0.608. The third-order valence-corrected chi connectivity index (χ3v) is 3.42. The lowest BCUT2D eigenvalue weighted by molar-refractivity contribution is 0.540. The van der Waals surface area contributed by atoms with E-state index in [-0.39, 0.29) is 0 Å². The van der Waals surface area contributed by atoms with Crippen molar-refractivity contribution in [3.8, 4) is 6.07 Å². The van der Waals surface area contributed by atoms with Crippen LogP contribution in [0.25, 0.3) is 0 Å². The maximum Gasteiger partial charge on any atom is 0.140 e. The fourth-order valence-corrected chi connectivity index (χ4v) is 2.54. The zero-order valence-corrected chi connectivity index (χ0v) is 11.8. The van der Waals surface area contributed by atoms with Gasteiger partial charge < -0.3 is 10.2 Å². The third-order valence-electron chi connectivity index (χ3n) is 3.42. The van der Waals surface area contributed by atoms with E-state index in [4.69, 9.17) is 5.26 Å². The first-order valence-electron chi connectivity index (χ1n) is 7.03. The Morgan fingerprint density at radius 1 is 1.53 bits per heavy atom. The lowest BCUT2D eigenvalue weighted by Crippen LogP contribution is -2.39. The Bertz CT molecular complexity index is 426. The number of nitrogens with one attached hydrogen (secondary N) is 1. The highest BCUT2D eigenvalue weighted by Crippen LogP contribution is 2.17. The Labute approximate surface area is 115 Å². The molecule has 0 bridgehead atoms. The number of pyridine rings is 1. The summed E-state index contributed by atoms with van der Waals surface area (Å²) >= 11 is 0. The second-order valence-electron chi connectivity index (χ2n) is 5.61. The minimum absolute atomic E-state index is 0.479. The van der Waals surface area contributed by atoms with Crippen LogP contribution in [0.5, 0.6) is 0 Å². The molecule has 1 unspecified atom stereocenters. The van der Waals surface area contributed by atoms with E-state index < -0.39 is 0 Å². The summed E-state index contributed by atoms with van der Waals surface area (Å²) in [6.45, 7) is 7.63. The van der Waals surface area contributed by atoms with Crippen molar-refractivity contribution in [3.05, 3.63) is 24.0 Å². The Kier molecular flexibility index (Phi) is 4.75. The van der Waals surface area contributed by atoms with Crippen LogP contribution < -0.4 is 10.2 Å². The van der Waals surface area contributed by atoms with Crippen molar-refractivity contribution in [2.75, 3.05) is 24.5 Å². The molecule has 1 aromatic heterocycles. The topological polar surface area (TPSA) is 52.0 Å². The van der Waals surface area contributed by atoms with Gasteiger partial charge in [0.2, 0.25) is 0 Å². The molecule has 2 rings (SSSR count). The van der Waals surface area contributed by atoms with Crippen molar-refractivity contribution in [2.24, 2.45) is 5.92 Å². The monoisotopic (exact) mass is 258 g/mol. The van der Waals surface area contributed by atoms with Crippen molar-refractivity contribution in [2.45, 2.75) is 32.7 Å². The predicted molar refractivity (Wildman–Crippen MR) is 77.0 cm³/mol. The Balaban J connectivity index is 2.08. The van der Waals surface area contributed by atoms with E-state index in [0.717, 1.165) is 25.3 Å². The third kappa shape index (κ3) is 3.93. The normalized spacial score (nSPS) is 18.5. The standard InChI is InChI=1S/C15H22N4/c1-12(2)10-19(11-14-4-3-7-17-14)15-6-5-13(8-16)18-9-15/h5-6,9,12,14,17H,3-4,7,10-11H2,1-2H3. The summed E-state index contributed by atoms with van der Waals surface area (Å²) in [7, 11) is 0. The van der Waals surface area contributed by atoms with Gasteiger partial charge in [0.15, 0.2) is 0 Å². The average Bonchev–Trinajstić information content (AvgIpc) is 2.90. The van der Waals surface area contributed by atoms with Crippen LogP contribution in [0.2, 0.25) is 0 Å². The van der Waals surface area contributed by atoms with Crippen LogP contribution in [0, 0.1) is 17.2 Å². The zero-order valence-electron chi connectivity index (χ0n) is 11.8. The van der Waals surface area contributed by atoms with Gasteiger partial charge in [0, 0.05) is 19.1 Å². The summed E-state index contributed by atoms with van der Waals surface area (Å²) in [5.41, 5.74) is 1.59. The molecule has 1 saturated heterocycles. The molecule has 0 aliphatic carbocycles. The minimum atomic E-state index is 0.479. The number of anilines is 1. The van der Waals surface area contributed by atoms with Crippen molar-refractivity contribution < 1.29 is 0 Å². The molecule has 1 aliphatic heterocycles. The number of hydrogen-bond donors (Lipinski definition) is 1. The second kappa shape index (κ2) is 6.53. The van der Waals surface area contributed by atoms with E-state index >= 15 is 0 Å². The molecular weight excluding hydrogens is 236 g/mol. The largest absolute Gasteiger partial charge is 0.368 e. The van der Waals surface area contributed by atoms with Gasteiger partial charge in [0.05, 0.1) is 11.9 Å². The van der Waals surface area contributed by atoms with Gasteiger partial charge in [0.1, 0.15) is 11.8 Å². The molecule has 4 nitrogen and oxygen atoms in total. The minimum Gasteiger partial charge on any atom is -0.368 e. The van der Waals surface area contributed by atoms with E-state index in [2.05, 4.69) is 35.1 Å². The molecule has 0 spiro atoms. The Morgan fingerprint density at radius 3 is 2.89 bits per heavy atom. The van der Waals surface area contributed by atoms with Gasteiger partial charge >= 0.3 is 0 Å². The first kappa shape index (κ1) is 13.8. The van der Waals surface area contributed by atoms with Gasteiger partial charge in [-0.1, -0.05) is 13.8 Å². The van der Waals surface area contributed by atoms with Gasteiger partial charge in [-0.05, 0) is 37.4 Å². The first-order chi connectivity index (χ1) is 9.19. The lowest BCUT2D eigenvalue weighted by Gasteiger charge is -2.29. The van der Waals surface area contributed by atoms with Crippen LogP contribution in [0.1, 0.15) is 32.4 Å². The molecule has 1 aliphatic rings. The number of rotatable bonds is 5. The van der Waals surface area contributed by atoms with E-state index in [1.165, 1.54) is 12.8 Å². The highest BCUT2D eigenvalue weighted by Gasteiger charge is 2.19. The highest BCUT2D eigenvalue weighted by molar-refractivity contribution is 5.46. The van der Waals surface area contributed by atoms with Crippen molar-refractivity contribution >= 4 is 5.69 Å². The van der Waals surface area contributed by atoms with Crippen molar-refractivity contribution in [3.63, 3.8) is 0 Å². The van der Waals surface area contributed by atoms with E-state index in [9.17, 15) is 0 Å². The molecule has 4 heteroatoms. The van der Waals surface area contributed by atoms with Crippen molar-refractivity contribution in [1.29, 1.82) is 5.26 Å². The SMILES string of the molecule is CC(C)CN(CC1CCCN1)c1ccc(C#N)nc1. The highest BCUT2D eigenvalue weighted by atomic mass is 15.2. The Morgan fingerprint density at radius 2 is 2.37 bits per heavy atom. The zero-order chi connectivity index (χ0) is 13.7. The average molecular weight is 258 g/mol. The summed E-state index contributed by atoms with van der Waals surface area (Å²) in [4.78, 5) is 6.55. The van der Waals surface area contributed by atoms with Gasteiger partial charge in [-0.25, -0.2) is 4.98 Å². The van der Waals surface area contributed by atoms with Crippen molar-refractivity contribution in [1.82, 2.24) is 10.3 Å². The maximum absolute atomic E-state index is 8.81. The molecule has 1 atom stereocenters. The van der Waals surface area contributed by atoms with Crippen LogP contribution >= 0.6 is 0 Å². The number of hydrogen-bond acceptors (Lipinski definition) is 4. The summed E-state index contributed by atoms with van der Waals surface area (Å²) in [5, 5.41) is 12.3. The van der Waals surface area contributed by atoms with Gasteiger partial charge in [-0.2, -0.15) is 5.26 Å². The fourth-order valence-electron chi connectivity index (χ4n) is 2.54. The first-order valence-corrected chi connectivity index (χ1v) is 7.03. The number of nitriles is 1. The van der Waals surface area contributed by atoms with E-state index in [1.807, 2.05) is 12.3 Å². The molecule has 2 heterocycles. The number of nitrogens with zero attached hydrogens (tertiary/aromatic N) is 3. The molecule has 0 amide bonds. The smallest absolute Gasteiger partial charge is 0.140 e. The molecule has 1 N–H and O–H groups in total. The molecule has 0 saturated carbocycles. The number of aromatic nitrogens is 1. The molecule has 102 valence electrons. The molecule has 0 aromatic carbocycles. The Hall–Kier alpha value is -1.60. The van der Waals surface area contributed by atoms with Gasteiger partial charge in [-0.3, -0.25) is 0 Å². The second-order valence-corrected chi connectivity index (χ2v) is 5.61. The molecule has 0 radical (unpaired) electrons. The van der Waals surface area contributed by atoms with Gasteiger partial charge in [-0.15, -0.1) is 0 Å². The maximum atomic E-state index is 8.81. The van der Waals surface area contributed by atoms with Crippen LogP contribution in [0.4, 0.5) is 5.69 Å². The van der Waals surface area contributed by atoms with Crippen LogP contribution in [0.3, 0.4) is 0 Å². The van der Waals surface area contributed by atoms with Crippen LogP contribution in [-0.4, -0.2) is 30.7 Å². The fraction of sp³-hybridized carbons (Fsp3) is 0.600. The molecule has 1 aromatic rings. The molecular formula is C15H22N4. The quantitative estimate of drug-likeness (QED) is 0.879. The summed E-state index contributed by atoms with van der Waals surface area (Å²) in [6, 6.07) is 6.44. The van der Waals surface area contributed by atoms with E-state index in [1.54, 1.807) is 6.07 Å². The van der Waals surface area contributed by atoms with Crippen LogP contribution in [0.15, 0.2) is 18.3 Å². The van der Waals surface area contributed by atoms with Crippen LogP contribution in [-0.2, 0) is 0 Å².